The molecule has 2 fully saturated rings. The van der Waals surface area contributed by atoms with Gasteiger partial charge in [0.25, 0.3) is 0 Å². The SMILES string of the molecule is Cn1c(Cn2ccnc2)nnc1C1CC(NC(=O)C2CCOCC2)C1. The van der Waals surface area contributed by atoms with Crippen molar-refractivity contribution >= 4 is 5.91 Å². The Kier molecular flexibility index (Phi) is 4.52. The van der Waals surface area contributed by atoms with Gasteiger partial charge in [-0.1, -0.05) is 0 Å². The average molecular weight is 344 g/mol. The summed E-state index contributed by atoms with van der Waals surface area (Å²) in [6.07, 6.45) is 9.00. The predicted molar refractivity (Wildman–Crippen MR) is 89.8 cm³/mol. The lowest BCUT2D eigenvalue weighted by Crippen LogP contribution is -2.47. The first-order valence-electron chi connectivity index (χ1n) is 8.92. The van der Waals surface area contributed by atoms with E-state index in [0.29, 0.717) is 25.7 Å². The molecule has 1 saturated carbocycles. The molecule has 4 rings (SSSR count). The van der Waals surface area contributed by atoms with Crippen LogP contribution in [0.1, 0.15) is 43.3 Å². The van der Waals surface area contributed by atoms with E-state index < -0.39 is 0 Å². The lowest BCUT2D eigenvalue weighted by molar-refractivity contribution is -0.129. The Bertz CT molecular complexity index is 714. The molecule has 1 saturated heterocycles. The van der Waals surface area contributed by atoms with Crippen LogP contribution in [-0.4, -0.2) is 49.5 Å². The summed E-state index contributed by atoms with van der Waals surface area (Å²) in [6.45, 7) is 2.06. The Hall–Kier alpha value is -2.22. The summed E-state index contributed by atoms with van der Waals surface area (Å²) in [5, 5.41) is 11.9. The van der Waals surface area contributed by atoms with Crippen LogP contribution >= 0.6 is 0 Å². The van der Waals surface area contributed by atoms with Crippen LogP contribution in [0.3, 0.4) is 0 Å². The van der Waals surface area contributed by atoms with E-state index in [2.05, 4.69) is 25.1 Å². The molecule has 3 heterocycles. The maximum atomic E-state index is 12.3. The number of amides is 1. The van der Waals surface area contributed by atoms with E-state index in [4.69, 9.17) is 4.74 Å². The summed E-state index contributed by atoms with van der Waals surface area (Å²) in [5.74, 6) is 2.60. The molecule has 0 atom stereocenters. The molecule has 2 aromatic rings. The highest BCUT2D eigenvalue weighted by atomic mass is 16.5. The second-order valence-corrected chi connectivity index (χ2v) is 7.03. The fraction of sp³-hybridized carbons (Fsp3) is 0.647. The highest BCUT2D eigenvalue weighted by Crippen LogP contribution is 2.36. The Morgan fingerprint density at radius 2 is 2.12 bits per heavy atom. The molecule has 134 valence electrons. The van der Waals surface area contributed by atoms with Gasteiger partial charge in [-0.3, -0.25) is 4.79 Å². The second kappa shape index (κ2) is 6.95. The largest absolute Gasteiger partial charge is 0.381 e. The van der Waals surface area contributed by atoms with E-state index in [1.54, 1.807) is 12.5 Å². The molecule has 25 heavy (non-hydrogen) atoms. The molecule has 1 aliphatic heterocycles. The van der Waals surface area contributed by atoms with Gasteiger partial charge in [-0.15, -0.1) is 10.2 Å². The lowest BCUT2D eigenvalue weighted by Gasteiger charge is -2.36. The first kappa shape index (κ1) is 16.3. The van der Waals surface area contributed by atoms with Crippen LogP contribution in [0.25, 0.3) is 0 Å². The van der Waals surface area contributed by atoms with Crippen LogP contribution < -0.4 is 5.32 Å². The zero-order valence-corrected chi connectivity index (χ0v) is 14.5. The van der Waals surface area contributed by atoms with Crippen molar-refractivity contribution in [2.24, 2.45) is 13.0 Å². The van der Waals surface area contributed by atoms with E-state index in [0.717, 1.165) is 37.3 Å². The van der Waals surface area contributed by atoms with Crippen LogP contribution in [0.4, 0.5) is 0 Å². The minimum Gasteiger partial charge on any atom is -0.381 e. The third kappa shape index (κ3) is 3.44. The van der Waals surface area contributed by atoms with Crippen molar-refractivity contribution in [3.63, 3.8) is 0 Å². The minimum atomic E-state index is 0.115. The Morgan fingerprint density at radius 1 is 1.32 bits per heavy atom. The van der Waals surface area contributed by atoms with Gasteiger partial charge in [0.1, 0.15) is 5.82 Å². The molecule has 2 aromatic heterocycles. The molecule has 0 unspecified atom stereocenters. The summed E-state index contributed by atoms with van der Waals surface area (Å²) >= 11 is 0. The molecule has 0 spiro atoms. The van der Waals surface area contributed by atoms with Gasteiger partial charge in [0, 0.05) is 50.5 Å². The molecule has 1 amide bonds. The monoisotopic (exact) mass is 344 g/mol. The summed E-state index contributed by atoms with van der Waals surface area (Å²) in [4.78, 5) is 16.3. The van der Waals surface area contributed by atoms with Crippen molar-refractivity contribution in [1.82, 2.24) is 29.6 Å². The standard InChI is InChI=1S/C17H24N6O2/c1-22-15(10-23-5-4-18-11-23)20-21-16(22)13-8-14(9-13)19-17(24)12-2-6-25-7-3-12/h4-5,11-14H,2-3,6-10H2,1H3,(H,19,24). The fourth-order valence-electron chi connectivity index (χ4n) is 3.64. The van der Waals surface area contributed by atoms with Crippen molar-refractivity contribution in [1.29, 1.82) is 0 Å². The normalized spacial score (nSPS) is 24.0. The molecule has 0 radical (unpaired) electrons. The van der Waals surface area contributed by atoms with Crippen molar-refractivity contribution in [2.45, 2.75) is 44.2 Å². The third-order valence-electron chi connectivity index (χ3n) is 5.32. The maximum absolute atomic E-state index is 12.3. The Morgan fingerprint density at radius 3 is 2.84 bits per heavy atom. The van der Waals surface area contributed by atoms with Gasteiger partial charge in [-0.2, -0.15) is 0 Å². The zero-order chi connectivity index (χ0) is 17.2. The quantitative estimate of drug-likeness (QED) is 0.869. The average Bonchev–Trinajstić information content (AvgIpc) is 3.23. The molecule has 8 heteroatoms. The summed E-state index contributed by atoms with van der Waals surface area (Å²) in [7, 11) is 2.01. The Labute approximate surface area is 146 Å². The first-order valence-corrected chi connectivity index (χ1v) is 8.92. The number of carbonyl (C=O) groups excluding carboxylic acids is 1. The highest BCUT2D eigenvalue weighted by Gasteiger charge is 2.36. The van der Waals surface area contributed by atoms with E-state index in [1.165, 1.54) is 0 Å². The van der Waals surface area contributed by atoms with Crippen LogP contribution in [0.5, 0.6) is 0 Å². The second-order valence-electron chi connectivity index (χ2n) is 7.03. The van der Waals surface area contributed by atoms with Gasteiger partial charge in [0.05, 0.1) is 12.9 Å². The molecule has 1 N–H and O–H groups in total. The number of carbonyl (C=O) groups is 1. The number of aromatic nitrogens is 5. The van der Waals surface area contributed by atoms with Crippen molar-refractivity contribution < 1.29 is 9.53 Å². The van der Waals surface area contributed by atoms with E-state index in [1.807, 2.05) is 17.8 Å². The smallest absolute Gasteiger partial charge is 0.223 e. The number of nitrogens with zero attached hydrogens (tertiary/aromatic N) is 5. The van der Waals surface area contributed by atoms with E-state index >= 15 is 0 Å². The van der Waals surface area contributed by atoms with Gasteiger partial charge in [0.2, 0.25) is 5.91 Å². The molecule has 0 bridgehead atoms. The maximum Gasteiger partial charge on any atom is 0.223 e. The molecule has 2 aliphatic rings. The number of rotatable bonds is 5. The molecule has 0 aromatic carbocycles. The first-order chi connectivity index (χ1) is 12.2. The van der Waals surface area contributed by atoms with Crippen molar-refractivity contribution in [3.8, 4) is 0 Å². The molecular weight excluding hydrogens is 320 g/mol. The molecular formula is C17H24N6O2. The van der Waals surface area contributed by atoms with Gasteiger partial charge in [0.15, 0.2) is 5.82 Å². The van der Waals surface area contributed by atoms with E-state index in [-0.39, 0.29) is 17.9 Å². The van der Waals surface area contributed by atoms with Gasteiger partial charge < -0.3 is 19.2 Å². The Balaban J connectivity index is 1.30. The summed E-state index contributed by atoms with van der Waals surface area (Å²) in [5.41, 5.74) is 0. The van der Waals surface area contributed by atoms with Gasteiger partial charge in [-0.05, 0) is 25.7 Å². The highest BCUT2D eigenvalue weighted by molar-refractivity contribution is 5.79. The number of hydrogen-bond donors (Lipinski definition) is 1. The van der Waals surface area contributed by atoms with Crippen LogP contribution in [0.2, 0.25) is 0 Å². The van der Waals surface area contributed by atoms with Crippen molar-refractivity contribution in [2.75, 3.05) is 13.2 Å². The molecule has 1 aliphatic carbocycles. The minimum absolute atomic E-state index is 0.115. The number of hydrogen-bond acceptors (Lipinski definition) is 5. The number of ether oxygens (including phenoxy) is 1. The van der Waals surface area contributed by atoms with Crippen LogP contribution in [0.15, 0.2) is 18.7 Å². The predicted octanol–water partition coefficient (Wildman–Crippen LogP) is 0.849. The van der Waals surface area contributed by atoms with Crippen molar-refractivity contribution in [3.05, 3.63) is 30.4 Å². The lowest BCUT2D eigenvalue weighted by atomic mass is 9.79. The summed E-state index contributed by atoms with van der Waals surface area (Å²) < 4.78 is 9.37. The molecule has 8 nitrogen and oxygen atoms in total. The van der Waals surface area contributed by atoms with Gasteiger partial charge in [-0.25, -0.2) is 4.98 Å². The van der Waals surface area contributed by atoms with E-state index in [9.17, 15) is 4.79 Å². The zero-order valence-electron chi connectivity index (χ0n) is 14.5. The summed E-state index contributed by atoms with van der Waals surface area (Å²) in [6, 6.07) is 0.258. The number of imidazole rings is 1. The number of nitrogens with one attached hydrogen (secondary N) is 1. The topological polar surface area (TPSA) is 86.9 Å². The van der Waals surface area contributed by atoms with Gasteiger partial charge >= 0.3 is 0 Å². The van der Waals surface area contributed by atoms with Crippen LogP contribution in [-0.2, 0) is 23.1 Å². The third-order valence-corrected chi connectivity index (χ3v) is 5.32. The fourth-order valence-corrected chi connectivity index (χ4v) is 3.64. The van der Waals surface area contributed by atoms with Crippen LogP contribution in [0, 0.1) is 5.92 Å².